The average molecular weight is 272 g/mol. The Kier molecular flexibility index (Phi) is 3.03. The molecule has 0 aliphatic heterocycles. The number of carbonyl (C=O) groups is 1. The molecule has 0 spiro atoms. The Balaban J connectivity index is 2.25. The second-order valence-electron chi connectivity index (χ2n) is 4.88. The van der Waals surface area contributed by atoms with Crippen molar-refractivity contribution in [3.8, 4) is 0 Å². The number of aryl methyl sites for hydroxylation is 2. The fourth-order valence-electron chi connectivity index (χ4n) is 2.85. The van der Waals surface area contributed by atoms with Crippen LogP contribution in [-0.2, 0) is 17.6 Å². The first-order chi connectivity index (χ1) is 9.16. The number of rotatable bonds is 1. The molecule has 1 amide bonds. The minimum Gasteiger partial charge on any atom is -0.369 e. The molecule has 0 saturated carbocycles. The number of halogens is 1. The lowest BCUT2D eigenvalue weighted by Crippen LogP contribution is -2.23. The Labute approximate surface area is 117 Å². The van der Waals surface area contributed by atoms with E-state index in [4.69, 9.17) is 17.3 Å². The second-order valence-corrected chi connectivity index (χ2v) is 5.31. The molecule has 1 aliphatic carbocycles. The Morgan fingerprint density at radius 3 is 2.47 bits per heavy atom. The Hall–Kier alpha value is -1.80. The minimum atomic E-state index is -0.396. The van der Waals surface area contributed by atoms with Crippen molar-refractivity contribution in [2.45, 2.75) is 18.8 Å². The van der Waals surface area contributed by atoms with Crippen LogP contribution in [0, 0.1) is 0 Å². The number of nitrogens with two attached hydrogens (primary N) is 1. The molecule has 0 radical (unpaired) electrons. The SMILES string of the molecule is NC(=O)[C@H]1c2ccccc2CCc2ccc(Cl)cc21. The van der Waals surface area contributed by atoms with Crippen molar-refractivity contribution in [3.05, 3.63) is 69.7 Å². The third-order valence-corrected chi connectivity index (χ3v) is 3.97. The first-order valence-electron chi connectivity index (χ1n) is 6.32. The van der Waals surface area contributed by atoms with Crippen molar-refractivity contribution in [2.24, 2.45) is 5.73 Å². The number of hydrogen-bond donors (Lipinski definition) is 1. The maximum Gasteiger partial charge on any atom is 0.229 e. The van der Waals surface area contributed by atoms with Crippen LogP contribution in [0.25, 0.3) is 0 Å². The van der Waals surface area contributed by atoms with Crippen molar-refractivity contribution in [1.82, 2.24) is 0 Å². The molecule has 96 valence electrons. The van der Waals surface area contributed by atoms with Gasteiger partial charge in [-0.15, -0.1) is 0 Å². The van der Waals surface area contributed by atoms with Crippen LogP contribution in [-0.4, -0.2) is 5.91 Å². The fourth-order valence-corrected chi connectivity index (χ4v) is 3.03. The highest BCUT2D eigenvalue weighted by Gasteiger charge is 2.27. The van der Waals surface area contributed by atoms with Crippen LogP contribution in [0.3, 0.4) is 0 Å². The molecule has 2 aromatic rings. The summed E-state index contributed by atoms with van der Waals surface area (Å²) in [6.07, 6.45) is 1.84. The normalized spacial score (nSPS) is 17.2. The fraction of sp³-hybridized carbons (Fsp3) is 0.188. The van der Waals surface area contributed by atoms with Gasteiger partial charge in [0.2, 0.25) is 5.91 Å². The number of fused-ring (bicyclic) bond motifs is 2. The Morgan fingerprint density at radius 1 is 1.05 bits per heavy atom. The minimum absolute atomic E-state index is 0.321. The van der Waals surface area contributed by atoms with Gasteiger partial charge in [0.1, 0.15) is 0 Å². The van der Waals surface area contributed by atoms with Crippen molar-refractivity contribution >= 4 is 17.5 Å². The van der Waals surface area contributed by atoms with Crippen LogP contribution in [0.4, 0.5) is 0 Å². The van der Waals surface area contributed by atoms with Gasteiger partial charge < -0.3 is 5.73 Å². The van der Waals surface area contributed by atoms with Crippen LogP contribution in [0.2, 0.25) is 5.02 Å². The zero-order valence-electron chi connectivity index (χ0n) is 10.4. The summed E-state index contributed by atoms with van der Waals surface area (Å²) in [5.74, 6) is -0.717. The molecule has 2 nitrogen and oxygen atoms in total. The van der Waals surface area contributed by atoms with E-state index in [0.29, 0.717) is 5.02 Å². The molecule has 0 saturated heterocycles. The number of amides is 1. The summed E-state index contributed by atoms with van der Waals surface area (Å²) in [5, 5.41) is 0.643. The lowest BCUT2D eigenvalue weighted by molar-refractivity contribution is -0.118. The largest absolute Gasteiger partial charge is 0.369 e. The molecule has 3 heteroatoms. The predicted octanol–water partition coefficient (Wildman–Crippen LogP) is 3.06. The van der Waals surface area contributed by atoms with Crippen LogP contribution in [0.15, 0.2) is 42.5 Å². The average Bonchev–Trinajstić information content (AvgIpc) is 2.54. The summed E-state index contributed by atoms with van der Waals surface area (Å²) in [6, 6.07) is 13.7. The topological polar surface area (TPSA) is 43.1 Å². The third kappa shape index (κ3) is 2.13. The summed E-state index contributed by atoms with van der Waals surface area (Å²) in [5.41, 5.74) is 9.94. The Morgan fingerprint density at radius 2 is 1.74 bits per heavy atom. The third-order valence-electron chi connectivity index (χ3n) is 3.73. The lowest BCUT2D eigenvalue weighted by atomic mass is 9.87. The van der Waals surface area contributed by atoms with E-state index in [2.05, 4.69) is 6.07 Å². The molecule has 0 bridgehead atoms. The van der Waals surface area contributed by atoms with Crippen LogP contribution < -0.4 is 5.73 Å². The molecule has 1 aliphatic rings. The number of carbonyl (C=O) groups excluding carboxylic acids is 1. The van der Waals surface area contributed by atoms with Crippen molar-refractivity contribution in [3.63, 3.8) is 0 Å². The van der Waals surface area contributed by atoms with Gasteiger partial charge in [0.15, 0.2) is 0 Å². The molecule has 2 N–H and O–H groups in total. The zero-order chi connectivity index (χ0) is 13.4. The Bertz CT molecular complexity index is 651. The molecule has 0 heterocycles. The van der Waals surface area contributed by atoms with Crippen LogP contribution >= 0.6 is 11.6 Å². The molecular weight excluding hydrogens is 258 g/mol. The van der Waals surface area contributed by atoms with Gasteiger partial charge in [-0.2, -0.15) is 0 Å². The maximum atomic E-state index is 11.9. The smallest absolute Gasteiger partial charge is 0.229 e. The number of primary amides is 1. The van der Waals surface area contributed by atoms with Crippen molar-refractivity contribution < 1.29 is 4.79 Å². The summed E-state index contributed by atoms with van der Waals surface area (Å²) in [7, 11) is 0. The van der Waals surface area contributed by atoms with Crippen LogP contribution in [0.5, 0.6) is 0 Å². The second kappa shape index (κ2) is 4.71. The van der Waals surface area contributed by atoms with E-state index in [1.54, 1.807) is 0 Å². The van der Waals surface area contributed by atoms with Gasteiger partial charge in [0, 0.05) is 5.02 Å². The van der Waals surface area contributed by atoms with Gasteiger partial charge in [0.05, 0.1) is 5.92 Å². The molecular formula is C16H14ClNO. The molecule has 0 fully saturated rings. The quantitative estimate of drug-likeness (QED) is 0.851. The van der Waals surface area contributed by atoms with E-state index in [1.165, 1.54) is 5.56 Å². The van der Waals surface area contributed by atoms with Gasteiger partial charge >= 0.3 is 0 Å². The maximum absolute atomic E-state index is 11.9. The van der Waals surface area contributed by atoms with Crippen molar-refractivity contribution in [1.29, 1.82) is 0 Å². The summed E-state index contributed by atoms with van der Waals surface area (Å²) in [4.78, 5) is 11.9. The highest BCUT2D eigenvalue weighted by Crippen LogP contribution is 2.35. The molecule has 0 unspecified atom stereocenters. The molecule has 2 aromatic carbocycles. The molecule has 1 atom stereocenters. The molecule has 0 aromatic heterocycles. The summed E-state index contributed by atoms with van der Waals surface area (Å²) in [6.45, 7) is 0. The van der Waals surface area contributed by atoms with E-state index in [1.807, 2.05) is 36.4 Å². The monoisotopic (exact) mass is 271 g/mol. The molecule has 19 heavy (non-hydrogen) atoms. The number of hydrogen-bond acceptors (Lipinski definition) is 1. The van der Waals surface area contributed by atoms with Crippen LogP contribution in [0.1, 0.15) is 28.2 Å². The van der Waals surface area contributed by atoms with Gasteiger partial charge in [-0.25, -0.2) is 0 Å². The lowest BCUT2D eigenvalue weighted by Gasteiger charge is -2.17. The summed E-state index contributed by atoms with van der Waals surface area (Å²) >= 11 is 6.07. The highest BCUT2D eigenvalue weighted by atomic mass is 35.5. The number of benzene rings is 2. The van der Waals surface area contributed by atoms with Gasteiger partial charge in [-0.1, -0.05) is 41.9 Å². The highest BCUT2D eigenvalue weighted by molar-refractivity contribution is 6.30. The van der Waals surface area contributed by atoms with E-state index in [0.717, 1.165) is 29.5 Å². The first-order valence-corrected chi connectivity index (χ1v) is 6.70. The van der Waals surface area contributed by atoms with E-state index in [9.17, 15) is 4.79 Å². The van der Waals surface area contributed by atoms with E-state index < -0.39 is 5.92 Å². The van der Waals surface area contributed by atoms with Gasteiger partial charge in [-0.05, 0) is 47.2 Å². The molecule has 3 rings (SSSR count). The standard InChI is InChI=1S/C16H14ClNO/c17-12-8-7-11-6-5-10-3-1-2-4-13(10)15(16(18)19)14(11)9-12/h1-4,7-9,15H,5-6H2,(H2,18,19)/t15-/m0/s1. The summed E-state index contributed by atoms with van der Waals surface area (Å²) < 4.78 is 0. The predicted molar refractivity (Wildman–Crippen MR) is 76.3 cm³/mol. The van der Waals surface area contributed by atoms with Gasteiger partial charge in [-0.3, -0.25) is 4.79 Å². The van der Waals surface area contributed by atoms with Gasteiger partial charge in [0.25, 0.3) is 0 Å². The first kappa shape index (κ1) is 12.2. The van der Waals surface area contributed by atoms with Crippen molar-refractivity contribution in [2.75, 3.05) is 0 Å². The van der Waals surface area contributed by atoms with E-state index in [-0.39, 0.29) is 5.91 Å². The zero-order valence-corrected chi connectivity index (χ0v) is 11.2. The van der Waals surface area contributed by atoms with E-state index >= 15 is 0 Å².